The van der Waals surface area contributed by atoms with E-state index >= 15 is 0 Å². The van der Waals surface area contributed by atoms with Crippen LogP contribution >= 0.6 is 24.0 Å². The maximum absolute atomic E-state index is 13.9. The van der Waals surface area contributed by atoms with Crippen LogP contribution in [-0.4, -0.2) is 25.1 Å². The van der Waals surface area contributed by atoms with Crippen molar-refractivity contribution in [2.75, 3.05) is 6.54 Å². The third kappa shape index (κ3) is 4.01. The van der Waals surface area contributed by atoms with Crippen molar-refractivity contribution in [3.8, 4) is 0 Å². The molecule has 0 aromatic heterocycles. The normalized spacial score (nSPS) is 17.7. The molecule has 2 atom stereocenters. The standard InChI is InChI=1S/C13H16ClF3N2.ClH/c14-9-3-1-2-8(12(9)15)11(13(16)17)10(6-18)19-7-4-5-7;/h1-3,7,10-11,13,19H,4-6,18H2;1H. The third-order valence-corrected chi connectivity index (χ3v) is 3.62. The number of nitrogens with one attached hydrogen (secondary N) is 1. The number of nitrogens with two attached hydrogens (primary N) is 1. The van der Waals surface area contributed by atoms with Crippen LogP contribution in [0.15, 0.2) is 18.2 Å². The molecule has 3 N–H and O–H groups in total. The highest BCUT2D eigenvalue weighted by Crippen LogP contribution is 2.33. The lowest BCUT2D eigenvalue weighted by atomic mass is 9.91. The Bertz CT molecular complexity index is 442. The third-order valence-electron chi connectivity index (χ3n) is 3.33. The monoisotopic (exact) mass is 328 g/mol. The van der Waals surface area contributed by atoms with Crippen LogP contribution in [0.1, 0.15) is 24.3 Å². The highest BCUT2D eigenvalue weighted by molar-refractivity contribution is 6.30. The molecule has 0 saturated heterocycles. The summed E-state index contributed by atoms with van der Waals surface area (Å²) in [6.07, 6.45) is -0.803. The van der Waals surface area contributed by atoms with Crippen LogP contribution in [0, 0.1) is 5.82 Å². The predicted molar refractivity (Wildman–Crippen MR) is 76.4 cm³/mol. The summed E-state index contributed by atoms with van der Waals surface area (Å²) in [6, 6.07) is 3.72. The van der Waals surface area contributed by atoms with Gasteiger partial charge in [-0.1, -0.05) is 23.7 Å². The Hall–Kier alpha value is -0.490. The van der Waals surface area contributed by atoms with Gasteiger partial charge in [-0.05, 0) is 24.5 Å². The minimum atomic E-state index is -2.70. The first-order valence-corrected chi connectivity index (χ1v) is 6.60. The fourth-order valence-electron chi connectivity index (χ4n) is 2.18. The van der Waals surface area contributed by atoms with E-state index < -0.39 is 24.2 Å². The Morgan fingerprint density at radius 2 is 2.00 bits per heavy atom. The van der Waals surface area contributed by atoms with Gasteiger partial charge in [0.15, 0.2) is 0 Å². The lowest BCUT2D eigenvalue weighted by Crippen LogP contribution is -2.45. The molecule has 0 radical (unpaired) electrons. The highest BCUT2D eigenvalue weighted by Gasteiger charge is 2.36. The van der Waals surface area contributed by atoms with E-state index in [1.54, 1.807) is 0 Å². The maximum atomic E-state index is 13.9. The van der Waals surface area contributed by atoms with Crippen LogP contribution < -0.4 is 11.1 Å². The van der Waals surface area contributed by atoms with Crippen molar-refractivity contribution in [3.63, 3.8) is 0 Å². The molecular formula is C13H17Cl2F3N2. The molecule has 2 unspecified atom stereocenters. The summed E-state index contributed by atoms with van der Waals surface area (Å²) in [4.78, 5) is 0. The van der Waals surface area contributed by atoms with E-state index in [0.717, 1.165) is 12.8 Å². The molecule has 0 aliphatic heterocycles. The van der Waals surface area contributed by atoms with Gasteiger partial charge < -0.3 is 11.1 Å². The number of alkyl halides is 2. The molecule has 0 spiro atoms. The van der Waals surface area contributed by atoms with Gasteiger partial charge in [0.1, 0.15) is 5.82 Å². The van der Waals surface area contributed by atoms with Crippen LogP contribution in [-0.2, 0) is 0 Å². The minimum absolute atomic E-state index is 0. The van der Waals surface area contributed by atoms with E-state index in [-0.39, 0.29) is 35.6 Å². The minimum Gasteiger partial charge on any atom is -0.329 e. The van der Waals surface area contributed by atoms with Crippen LogP contribution in [0.3, 0.4) is 0 Å². The van der Waals surface area contributed by atoms with Crippen molar-refractivity contribution >= 4 is 24.0 Å². The zero-order chi connectivity index (χ0) is 14.0. The molecule has 1 aliphatic rings. The summed E-state index contributed by atoms with van der Waals surface area (Å²) < 4.78 is 40.5. The van der Waals surface area contributed by atoms with Crippen molar-refractivity contribution in [2.24, 2.45) is 5.73 Å². The van der Waals surface area contributed by atoms with Crippen LogP contribution in [0.4, 0.5) is 13.2 Å². The number of rotatable bonds is 6. The van der Waals surface area contributed by atoms with Crippen molar-refractivity contribution in [1.29, 1.82) is 0 Å². The van der Waals surface area contributed by atoms with Gasteiger partial charge in [-0.15, -0.1) is 12.4 Å². The quantitative estimate of drug-likeness (QED) is 0.840. The Labute approximate surface area is 127 Å². The van der Waals surface area contributed by atoms with Gasteiger partial charge in [-0.25, -0.2) is 13.2 Å². The predicted octanol–water partition coefficient (Wildman–Crippen LogP) is 3.33. The number of benzene rings is 1. The van der Waals surface area contributed by atoms with Crippen molar-refractivity contribution in [1.82, 2.24) is 5.32 Å². The summed E-state index contributed by atoms with van der Waals surface area (Å²) in [7, 11) is 0. The lowest BCUT2D eigenvalue weighted by molar-refractivity contribution is 0.0940. The van der Waals surface area contributed by atoms with Gasteiger partial charge in [0.25, 0.3) is 0 Å². The van der Waals surface area contributed by atoms with E-state index in [4.69, 9.17) is 17.3 Å². The molecule has 1 aromatic rings. The van der Waals surface area contributed by atoms with Gasteiger partial charge in [0, 0.05) is 18.6 Å². The molecule has 1 saturated carbocycles. The topological polar surface area (TPSA) is 38.0 Å². The first-order valence-electron chi connectivity index (χ1n) is 6.22. The number of hydrogen-bond donors (Lipinski definition) is 2. The molecule has 1 aliphatic carbocycles. The van der Waals surface area contributed by atoms with Gasteiger partial charge in [-0.3, -0.25) is 0 Å². The summed E-state index contributed by atoms with van der Waals surface area (Å²) in [6.45, 7) is 0.0253. The first kappa shape index (κ1) is 17.6. The SMILES string of the molecule is Cl.NCC(NC1CC1)C(c1cccc(Cl)c1F)C(F)F. The molecule has 2 nitrogen and oxygen atoms in total. The maximum Gasteiger partial charge on any atom is 0.247 e. The molecule has 7 heteroatoms. The molecule has 20 heavy (non-hydrogen) atoms. The van der Waals surface area contributed by atoms with Gasteiger partial charge in [-0.2, -0.15) is 0 Å². The molecule has 0 amide bonds. The van der Waals surface area contributed by atoms with E-state index in [9.17, 15) is 13.2 Å². The van der Waals surface area contributed by atoms with Gasteiger partial charge in [0.05, 0.1) is 10.9 Å². The van der Waals surface area contributed by atoms with Crippen molar-refractivity contribution in [2.45, 2.75) is 37.3 Å². The summed E-state index contributed by atoms with van der Waals surface area (Å²) >= 11 is 5.66. The summed E-state index contributed by atoms with van der Waals surface area (Å²) in [5.74, 6) is -2.07. The van der Waals surface area contributed by atoms with E-state index in [1.165, 1.54) is 18.2 Å². The number of hydrogen-bond acceptors (Lipinski definition) is 2. The second-order valence-electron chi connectivity index (χ2n) is 4.79. The van der Waals surface area contributed by atoms with Crippen LogP contribution in [0.5, 0.6) is 0 Å². The Morgan fingerprint density at radius 1 is 1.35 bits per heavy atom. The van der Waals surface area contributed by atoms with Crippen molar-refractivity contribution in [3.05, 3.63) is 34.6 Å². The molecule has 0 bridgehead atoms. The second kappa shape index (κ2) is 7.50. The van der Waals surface area contributed by atoms with E-state index in [1.807, 2.05) is 0 Å². The van der Waals surface area contributed by atoms with Gasteiger partial charge >= 0.3 is 0 Å². The smallest absolute Gasteiger partial charge is 0.247 e. The van der Waals surface area contributed by atoms with Crippen LogP contribution in [0.2, 0.25) is 5.02 Å². The average molecular weight is 329 g/mol. The zero-order valence-corrected chi connectivity index (χ0v) is 12.2. The van der Waals surface area contributed by atoms with Gasteiger partial charge in [0.2, 0.25) is 6.43 Å². The molecule has 1 fully saturated rings. The Kier molecular flexibility index (Phi) is 6.58. The molecule has 0 heterocycles. The largest absolute Gasteiger partial charge is 0.329 e. The molecule has 1 aromatic carbocycles. The number of halogens is 5. The molecule has 114 valence electrons. The Morgan fingerprint density at radius 3 is 2.50 bits per heavy atom. The van der Waals surface area contributed by atoms with E-state index in [0.29, 0.717) is 0 Å². The Balaban J connectivity index is 0.00000200. The molecular weight excluding hydrogens is 312 g/mol. The first-order chi connectivity index (χ1) is 9.04. The highest BCUT2D eigenvalue weighted by atomic mass is 35.5. The van der Waals surface area contributed by atoms with E-state index in [2.05, 4.69) is 5.32 Å². The average Bonchev–Trinajstić information content (AvgIpc) is 3.17. The zero-order valence-electron chi connectivity index (χ0n) is 10.7. The second-order valence-corrected chi connectivity index (χ2v) is 5.19. The fraction of sp³-hybridized carbons (Fsp3) is 0.538. The fourth-order valence-corrected chi connectivity index (χ4v) is 2.36. The summed E-state index contributed by atoms with van der Waals surface area (Å²) in [5.41, 5.74) is 5.48. The summed E-state index contributed by atoms with van der Waals surface area (Å²) in [5, 5.41) is 2.90. The molecule has 2 rings (SSSR count). The van der Waals surface area contributed by atoms with Crippen LogP contribution in [0.25, 0.3) is 0 Å². The lowest BCUT2D eigenvalue weighted by Gasteiger charge is -2.27. The van der Waals surface area contributed by atoms with Crippen molar-refractivity contribution < 1.29 is 13.2 Å².